The number of rotatable bonds is 3. The summed E-state index contributed by atoms with van der Waals surface area (Å²) in [5, 5.41) is 2.99. The smallest absolute Gasteiger partial charge is 0.407 e. The van der Waals surface area contributed by atoms with E-state index >= 15 is 0 Å². The number of benzene rings is 1. The Bertz CT molecular complexity index is 426. The maximum Gasteiger partial charge on any atom is 0.407 e. The van der Waals surface area contributed by atoms with Crippen LogP contribution in [0.5, 0.6) is 0 Å². The topological polar surface area (TPSA) is 38.3 Å². The van der Waals surface area contributed by atoms with Crippen LogP contribution in [0.4, 0.5) is 4.79 Å². The van der Waals surface area contributed by atoms with Gasteiger partial charge in [0.05, 0.1) is 6.04 Å². The summed E-state index contributed by atoms with van der Waals surface area (Å²) in [7, 11) is 0. The molecule has 1 N–H and O–H groups in total. The second-order valence-corrected chi connectivity index (χ2v) is 5.71. The number of hydrogen-bond donors (Lipinski definition) is 1. The maximum atomic E-state index is 11.6. The Labute approximate surface area is 114 Å². The average Bonchev–Trinajstić information content (AvgIpc) is 2.82. The summed E-state index contributed by atoms with van der Waals surface area (Å²) < 4.78 is 5.54. The Kier molecular flexibility index (Phi) is 3.72. The zero-order valence-electron chi connectivity index (χ0n) is 11.2. The molecule has 1 aliphatic carbocycles. The number of cyclic esters (lactones) is 1. The molecule has 3 heteroatoms. The number of carbonyl (C=O) groups excluding carboxylic acids is 1. The zero-order chi connectivity index (χ0) is 13.1. The van der Waals surface area contributed by atoms with Gasteiger partial charge in [-0.1, -0.05) is 49.6 Å². The lowest BCUT2D eigenvalue weighted by Gasteiger charge is -2.29. The number of amides is 1. The monoisotopic (exact) mass is 259 g/mol. The van der Waals surface area contributed by atoms with E-state index in [9.17, 15) is 4.79 Å². The second-order valence-electron chi connectivity index (χ2n) is 5.71. The van der Waals surface area contributed by atoms with E-state index in [0.29, 0.717) is 5.92 Å². The lowest BCUT2D eigenvalue weighted by atomic mass is 9.81. The molecular weight excluding hydrogens is 238 g/mol. The second kappa shape index (κ2) is 5.64. The van der Waals surface area contributed by atoms with Gasteiger partial charge in [0.1, 0.15) is 6.10 Å². The van der Waals surface area contributed by atoms with Crippen LogP contribution in [0, 0.1) is 5.92 Å². The quantitative estimate of drug-likeness (QED) is 0.904. The highest BCUT2D eigenvalue weighted by atomic mass is 16.6. The fourth-order valence-electron chi connectivity index (χ4n) is 3.40. The van der Waals surface area contributed by atoms with E-state index in [-0.39, 0.29) is 18.2 Å². The van der Waals surface area contributed by atoms with Crippen LogP contribution in [-0.2, 0) is 11.2 Å². The van der Waals surface area contributed by atoms with E-state index in [4.69, 9.17) is 4.74 Å². The first-order valence-electron chi connectivity index (χ1n) is 7.34. The van der Waals surface area contributed by atoms with Crippen molar-refractivity contribution in [3.8, 4) is 0 Å². The van der Waals surface area contributed by atoms with Gasteiger partial charge in [-0.05, 0) is 30.7 Å². The van der Waals surface area contributed by atoms with Gasteiger partial charge in [-0.15, -0.1) is 0 Å². The summed E-state index contributed by atoms with van der Waals surface area (Å²) >= 11 is 0. The average molecular weight is 259 g/mol. The van der Waals surface area contributed by atoms with Gasteiger partial charge in [0.15, 0.2) is 0 Å². The molecule has 1 aromatic carbocycles. The summed E-state index contributed by atoms with van der Waals surface area (Å²) in [5.41, 5.74) is 1.26. The Hall–Kier alpha value is -1.51. The van der Waals surface area contributed by atoms with Crippen LogP contribution in [0.25, 0.3) is 0 Å². The molecule has 0 unspecified atom stereocenters. The Morgan fingerprint density at radius 1 is 1.11 bits per heavy atom. The van der Waals surface area contributed by atoms with Crippen LogP contribution < -0.4 is 5.32 Å². The zero-order valence-corrected chi connectivity index (χ0v) is 11.2. The van der Waals surface area contributed by atoms with Crippen molar-refractivity contribution in [3.05, 3.63) is 35.9 Å². The van der Waals surface area contributed by atoms with Crippen LogP contribution in [0.1, 0.15) is 37.7 Å². The summed E-state index contributed by atoms with van der Waals surface area (Å²) in [6, 6.07) is 10.5. The van der Waals surface area contributed by atoms with Crippen molar-refractivity contribution in [1.29, 1.82) is 0 Å². The Morgan fingerprint density at radius 3 is 2.58 bits per heavy atom. The van der Waals surface area contributed by atoms with Gasteiger partial charge in [-0.3, -0.25) is 0 Å². The molecule has 102 valence electrons. The molecule has 3 rings (SSSR count). The van der Waals surface area contributed by atoms with Gasteiger partial charge in [-0.25, -0.2) is 4.79 Å². The molecule has 2 aliphatic rings. The van der Waals surface area contributed by atoms with Gasteiger partial charge >= 0.3 is 6.09 Å². The van der Waals surface area contributed by atoms with Crippen molar-refractivity contribution < 1.29 is 9.53 Å². The highest BCUT2D eigenvalue weighted by molar-refractivity contribution is 5.70. The van der Waals surface area contributed by atoms with Crippen molar-refractivity contribution in [3.63, 3.8) is 0 Å². The molecule has 19 heavy (non-hydrogen) atoms. The predicted molar refractivity (Wildman–Crippen MR) is 73.9 cm³/mol. The molecule has 2 atom stereocenters. The summed E-state index contributed by atoms with van der Waals surface area (Å²) in [5.74, 6) is 0.543. The molecule has 1 aromatic rings. The lowest BCUT2D eigenvalue weighted by molar-refractivity contribution is 0.0738. The SMILES string of the molecule is O=C1N[C@@H](Cc2ccccc2)[C@H](C2CCCCC2)O1. The first kappa shape index (κ1) is 12.5. The van der Waals surface area contributed by atoms with E-state index < -0.39 is 0 Å². The van der Waals surface area contributed by atoms with E-state index in [1.807, 2.05) is 18.2 Å². The van der Waals surface area contributed by atoms with Crippen LogP contribution in [0.3, 0.4) is 0 Å². The molecule has 1 saturated heterocycles. The van der Waals surface area contributed by atoms with Gasteiger partial charge in [-0.2, -0.15) is 0 Å². The third-order valence-corrected chi connectivity index (χ3v) is 4.36. The normalized spacial score (nSPS) is 27.9. The van der Waals surface area contributed by atoms with Crippen LogP contribution in [0.15, 0.2) is 30.3 Å². The Morgan fingerprint density at radius 2 is 1.84 bits per heavy atom. The molecule has 3 nitrogen and oxygen atoms in total. The van der Waals surface area contributed by atoms with Gasteiger partial charge < -0.3 is 10.1 Å². The minimum absolute atomic E-state index is 0.0630. The number of ether oxygens (including phenoxy) is 1. The Balaban J connectivity index is 1.69. The number of alkyl carbamates (subject to hydrolysis) is 1. The fourth-order valence-corrected chi connectivity index (χ4v) is 3.40. The van der Waals surface area contributed by atoms with E-state index in [1.54, 1.807) is 0 Å². The molecule has 0 aromatic heterocycles. The van der Waals surface area contributed by atoms with Crippen molar-refractivity contribution >= 4 is 6.09 Å². The third-order valence-electron chi connectivity index (χ3n) is 4.36. The van der Waals surface area contributed by atoms with E-state index in [1.165, 1.54) is 37.7 Å². The molecular formula is C16H21NO2. The number of nitrogens with one attached hydrogen (secondary N) is 1. The van der Waals surface area contributed by atoms with Crippen molar-refractivity contribution in [2.24, 2.45) is 5.92 Å². The van der Waals surface area contributed by atoms with Crippen LogP contribution in [-0.4, -0.2) is 18.2 Å². The highest BCUT2D eigenvalue weighted by Gasteiger charge is 2.39. The lowest BCUT2D eigenvalue weighted by Crippen LogP contribution is -2.38. The van der Waals surface area contributed by atoms with E-state index in [2.05, 4.69) is 17.4 Å². The molecule has 1 heterocycles. The minimum atomic E-state index is -0.239. The first-order chi connectivity index (χ1) is 9.33. The minimum Gasteiger partial charge on any atom is -0.444 e. The highest BCUT2D eigenvalue weighted by Crippen LogP contribution is 2.32. The van der Waals surface area contributed by atoms with Crippen molar-refractivity contribution in [2.75, 3.05) is 0 Å². The molecule has 0 radical (unpaired) electrons. The summed E-state index contributed by atoms with van der Waals surface area (Å²) in [6.07, 6.45) is 6.97. The van der Waals surface area contributed by atoms with Crippen molar-refractivity contribution in [1.82, 2.24) is 5.32 Å². The van der Waals surface area contributed by atoms with E-state index in [0.717, 1.165) is 6.42 Å². The maximum absolute atomic E-state index is 11.6. The predicted octanol–water partition coefficient (Wildman–Crippen LogP) is 3.29. The molecule has 0 bridgehead atoms. The molecule has 1 amide bonds. The molecule has 1 aliphatic heterocycles. The third kappa shape index (κ3) is 2.91. The van der Waals surface area contributed by atoms with Gasteiger partial charge in [0.25, 0.3) is 0 Å². The summed E-state index contributed by atoms with van der Waals surface area (Å²) in [6.45, 7) is 0. The number of carbonyl (C=O) groups is 1. The standard InChI is InChI=1S/C16H21NO2/c18-16-17-14(11-12-7-3-1-4-8-12)15(19-16)13-9-5-2-6-10-13/h1,3-4,7-8,13-15H,2,5-6,9-11H2,(H,17,18)/t14-,15-/m0/s1. The first-order valence-corrected chi connectivity index (χ1v) is 7.34. The summed E-state index contributed by atoms with van der Waals surface area (Å²) in [4.78, 5) is 11.6. The number of hydrogen-bond acceptors (Lipinski definition) is 2. The molecule has 2 fully saturated rings. The fraction of sp³-hybridized carbons (Fsp3) is 0.562. The largest absolute Gasteiger partial charge is 0.444 e. The molecule has 1 saturated carbocycles. The van der Waals surface area contributed by atoms with Crippen LogP contribution >= 0.6 is 0 Å². The van der Waals surface area contributed by atoms with Gasteiger partial charge in [0, 0.05) is 0 Å². The van der Waals surface area contributed by atoms with Crippen LogP contribution in [0.2, 0.25) is 0 Å². The molecule has 0 spiro atoms. The van der Waals surface area contributed by atoms with Gasteiger partial charge in [0.2, 0.25) is 0 Å². The van der Waals surface area contributed by atoms with Crippen molar-refractivity contribution in [2.45, 2.75) is 50.7 Å².